The number of amides is 3. The molecule has 0 aliphatic carbocycles. The Morgan fingerprint density at radius 3 is 2.07 bits per heavy atom. The maximum atomic E-state index is 13.6. The lowest BCUT2D eigenvalue weighted by Crippen LogP contribution is -2.48. The lowest BCUT2D eigenvalue weighted by Gasteiger charge is -2.24. The maximum absolute atomic E-state index is 13.6. The Morgan fingerprint density at radius 1 is 0.795 bits per heavy atom. The molecule has 2 heterocycles. The molecule has 44 heavy (non-hydrogen) atoms. The molecular formula is C35H26N2O7. The van der Waals surface area contributed by atoms with E-state index in [1.165, 1.54) is 18.2 Å². The highest BCUT2D eigenvalue weighted by molar-refractivity contribution is 6.22. The second kappa shape index (κ2) is 11.8. The molecule has 5 aromatic rings. The Balaban J connectivity index is 1.25. The van der Waals surface area contributed by atoms with E-state index in [0.717, 1.165) is 16.0 Å². The summed E-state index contributed by atoms with van der Waals surface area (Å²) in [4.78, 5) is 66.7. The number of hydrogen-bond acceptors (Lipinski definition) is 7. The molecule has 218 valence electrons. The fraction of sp³-hybridized carbons (Fsp3) is 0.114. The zero-order chi connectivity index (χ0) is 30.8. The zero-order valence-corrected chi connectivity index (χ0v) is 23.6. The quantitative estimate of drug-likeness (QED) is 0.116. The molecule has 0 saturated heterocycles. The third-order valence-electron chi connectivity index (χ3n) is 7.50. The first-order valence-electron chi connectivity index (χ1n) is 14.0. The molecule has 1 N–H and O–H groups in total. The summed E-state index contributed by atoms with van der Waals surface area (Å²) in [5, 5.41) is 3.23. The maximum Gasteiger partial charge on any atom is 0.349 e. The van der Waals surface area contributed by atoms with Gasteiger partial charge in [0.05, 0.1) is 17.2 Å². The molecule has 9 nitrogen and oxygen atoms in total. The molecule has 1 aromatic heterocycles. The van der Waals surface area contributed by atoms with Crippen LogP contribution in [-0.2, 0) is 11.2 Å². The summed E-state index contributed by atoms with van der Waals surface area (Å²) in [5.74, 6) is -2.55. The van der Waals surface area contributed by atoms with Gasteiger partial charge in [-0.25, -0.2) is 9.59 Å². The Morgan fingerprint density at radius 2 is 1.41 bits per heavy atom. The summed E-state index contributed by atoms with van der Waals surface area (Å²) in [5.41, 5.74) is 1.11. The second-order valence-corrected chi connectivity index (χ2v) is 10.4. The van der Waals surface area contributed by atoms with Gasteiger partial charge in [-0.1, -0.05) is 72.8 Å². The van der Waals surface area contributed by atoms with Crippen molar-refractivity contribution in [2.75, 3.05) is 0 Å². The van der Waals surface area contributed by atoms with Crippen LogP contribution in [0.25, 0.3) is 11.0 Å². The molecule has 9 heteroatoms. The topological polar surface area (TPSA) is 123 Å². The van der Waals surface area contributed by atoms with Gasteiger partial charge in [-0.3, -0.25) is 19.3 Å². The van der Waals surface area contributed by atoms with E-state index in [9.17, 15) is 24.0 Å². The van der Waals surface area contributed by atoms with Gasteiger partial charge in [-0.2, -0.15) is 0 Å². The summed E-state index contributed by atoms with van der Waals surface area (Å²) in [6.07, 6.45) is 0.0354. The number of rotatable bonds is 8. The minimum Gasteiger partial charge on any atom is -0.425 e. The molecule has 1 aliphatic rings. The number of ether oxygens (including phenoxy) is 1. The van der Waals surface area contributed by atoms with Crippen molar-refractivity contribution < 1.29 is 28.3 Å². The van der Waals surface area contributed by atoms with Crippen LogP contribution in [0.5, 0.6) is 5.75 Å². The van der Waals surface area contributed by atoms with Crippen LogP contribution in [0, 0.1) is 0 Å². The molecule has 6 rings (SSSR count). The molecule has 0 saturated carbocycles. The van der Waals surface area contributed by atoms with E-state index < -0.39 is 35.4 Å². The minimum absolute atomic E-state index is 0.0354. The average molecular weight is 587 g/mol. The summed E-state index contributed by atoms with van der Waals surface area (Å²) < 4.78 is 11.1. The van der Waals surface area contributed by atoms with Gasteiger partial charge < -0.3 is 14.5 Å². The highest BCUT2D eigenvalue weighted by Crippen LogP contribution is 2.28. The Bertz CT molecular complexity index is 1930. The van der Waals surface area contributed by atoms with Crippen molar-refractivity contribution in [2.24, 2.45) is 0 Å². The third-order valence-corrected chi connectivity index (χ3v) is 7.50. The Labute approximate surface area is 251 Å². The fourth-order valence-corrected chi connectivity index (χ4v) is 5.21. The standard InChI is InChI=1S/C35H26N2O7/c1-21(23-12-6-3-7-13-23)36-31(38)28-19-24-16-17-25(20-30(24)44-34(28)41)43-35(42)29(18-22-10-4-2-5-11-22)37-32(39)26-14-8-9-15-27(26)33(37)40/h2-17,19-21,29H,18H2,1H3,(H,36,38). The van der Waals surface area contributed by atoms with Gasteiger partial charge in [0.15, 0.2) is 0 Å². The lowest BCUT2D eigenvalue weighted by atomic mass is 10.0. The van der Waals surface area contributed by atoms with Crippen LogP contribution in [0.1, 0.15) is 55.2 Å². The van der Waals surface area contributed by atoms with E-state index >= 15 is 0 Å². The van der Waals surface area contributed by atoms with Crippen LogP contribution in [0.3, 0.4) is 0 Å². The smallest absolute Gasteiger partial charge is 0.349 e. The van der Waals surface area contributed by atoms with Gasteiger partial charge in [0.25, 0.3) is 17.7 Å². The van der Waals surface area contributed by atoms with Crippen molar-refractivity contribution in [3.8, 4) is 5.75 Å². The van der Waals surface area contributed by atoms with Crippen molar-refractivity contribution >= 4 is 34.7 Å². The van der Waals surface area contributed by atoms with Crippen LogP contribution >= 0.6 is 0 Å². The number of benzene rings is 4. The van der Waals surface area contributed by atoms with E-state index in [-0.39, 0.29) is 40.5 Å². The molecule has 1 aliphatic heterocycles. The van der Waals surface area contributed by atoms with Crippen LogP contribution in [0.4, 0.5) is 0 Å². The first-order valence-corrected chi connectivity index (χ1v) is 14.0. The SMILES string of the molecule is CC(NC(=O)c1cc2ccc(OC(=O)C(Cc3ccccc3)N3C(=O)c4ccccc4C3=O)cc2oc1=O)c1ccccc1. The molecule has 0 radical (unpaired) electrons. The zero-order valence-electron chi connectivity index (χ0n) is 23.6. The van der Waals surface area contributed by atoms with Gasteiger partial charge in [0.2, 0.25) is 0 Å². The van der Waals surface area contributed by atoms with E-state index in [0.29, 0.717) is 5.39 Å². The van der Waals surface area contributed by atoms with Crippen LogP contribution in [0.2, 0.25) is 0 Å². The van der Waals surface area contributed by atoms with Crippen molar-refractivity contribution in [3.63, 3.8) is 0 Å². The Hall–Kier alpha value is -5.83. The van der Waals surface area contributed by atoms with Gasteiger partial charge in [0, 0.05) is 17.9 Å². The molecule has 2 unspecified atom stereocenters. The Kier molecular flexibility index (Phi) is 7.59. The number of carbonyl (C=O) groups excluding carboxylic acids is 4. The number of nitrogens with one attached hydrogen (secondary N) is 1. The van der Waals surface area contributed by atoms with E-state index in [1.54, 1.807) is 54.6 Å². The van der Waals surface area contributed by atoms with Gasteiger partial charge in [-0.05, 0) is 48.4 Å². The lowest BCUT2D eigenvalue weighted by molar-refractivity contribution is -0.138. The van der Waals surface area contributed by atoms with Crippen molar-refractivity contribution in [3.05, 3.63) is 147 Å². The predicted octanol–water partition coefficient (Wildman–Crippen LogP) is 5.10. The predicted molar refractivity (Wildman–Crippen MR) is 161 cm³/mol. The summed E-state index contributed by atoms with van der Waals surface area (Å²) in [7, 11) is 0. The minimum atomic E-state index is -1.26. The van der Waals surface area contributed by atoms with Gasteiger partial charge in [0.1, 0.15) is 22.9 Å². The van der Waals surface area contributed by atoms with Crippen LogP contribution in [-0.4, -0.2) is 34.6 Å². The molecule has 0 fully saturated rings. The first-order chi connectivity index (χ1) is 21.3. The highest BCUT2D eigenvalue weighted by atomic mass is 16.5. The second-order valence-electron chi connectivity index (χ2n) is 10.4. The first kappa shape index (κ1) is 28.3. The van der Waals surface area contributed by atoms with Crippen molar-refractivity contribution in [1.82, 2.24) is 10.2 Å². The van der Waals surface area contributed by atoms with E-state index in [2.05, 4.69) is 5.32 Å². The normalized spacial score (nSPS) is 13.8. The number of esters is 1. The number of fused-ring (bicyclic) bond motifs is 2. The molecule has 0 bridgehead atoms. The highest BCUT2D eigenvalue weighted by Gasteiger charge is 2.43. The molecule has 0 spiro atoms. The summed E-state index contributed by atoms with van der Waals surface area (Å²) in [6.45, 7) is 1.81. The van der Waals surface area contributed by atoms with E-state index in [4.69, 9.17) is 9.15 Å². The largest absolute Gasteiger partial charge is 0.425 e. The van der Waals surface area contributed by atoms with Gasteiger partial charge in [-0.15, -0.1) is 0 Å². The summed E-state index contributed by atoms with van der Waals surface area (Å²) >= 11 is 0. The molecule has 4 aromatic carbocycles. The van der Waals surface area contributed by atoms with E-state index in [1.807, 2.05) is 43.3 Å². The van der Waals surface area contributed by atoms with Crippen LogP contribution < -0.4 is 15.7 Å². The van der Waals surface area contributed by atoms with Crippen molar-refractivity contribution in [1.29, 1.82) is 0 Å². The molecule has 2 atom stereocenters. The number of hydrogen-bond donors (Lipinski definition) is 1. The molecular weight excluding hydrogens is 560 g/mol. The van der Waals surface area contributed by atoms with Gasteiger partial charge >= 0.3 is 11.6 Å². The fourth-order valence-electron chi connectivity index (χ4n) is 5.21. The molecule has 3 amide bonds. The average Bonchev–Trinajstić information content (AvgIpc) is 3.29. The third kappa shape index (κ3) is 5.50. The monoisotopic (exact) mass is 586 g/mol. The van der Waals surface area contributed by atoms with Crippen molar-refractivity contribution in [2.45, 2.75) is 25.4 Å². The number of nitrogens with zero attached hydrogens (tertiary/aromatic N) is 1. The number of carbonyl (C=O) groups is 4. The number of imide groups is 1. The van der Waals surface area contributed by atoms with Crippen LogP contribution in [0.15, 0.2) is 118 Å². The summed E-state index contributed by atoms with van der Waals surface area (Å²) in [6, 6.07) is 28.9.